The normalized spacial score (nSPS) is 22.8. The van der Waals surface area contributed by atoms with Crippen molar-refractivity contribution in [2.45, 2.75) is 37.9 Å². The van der Waals surface area contributed by atoms with E-state index >= 15 is 0 Å². The molecule has 3 heterocycles. The van der Waals surface area contributed by atoms with Crippen LogP contribution in [0.15, 0.2) is 36.5 Å². The van der Waals surface area contributed by atoms with Crippen molar-refractivity contribution in [1.29, 1.82) is 0 Å². The van der Waals surface area contributed by atoms with Crippen molar-refractivity contribution < 1.29 is 4.79 Å². The zero-order valence-corrected chi connectivity index (χ0v) is 14.3. The quantitative estimate of drug-likeness (QED) is 0.918. The standard InChI is InChI=1S/C17H21N5O.ClH/c23-17(22-14-6-7-15(22)10-18-9-8-14)16-12-21(20-19-16)11-13-4-2-1-3-5-13;/h1-5,12,14-15,18H,6-11H2;1H. The number of benzene rings is 1. The van der Waals surface area contributed by atoms with Crippen LogP contribution >= 0.6 is 12.4 Å². The van der Waals surface area contributed by atoms with Crippen molar-refractivity contribution >= 4 is 18.3 Å². The van der Waals surface area contributed by atoms with Gasteiger partial charge in [0.15, 0.2) is 5.69 Å². The Morgan fingerprint density at radius 2 is 1.96 bits per heavy atom. The molecule has 2 saturated heterocycles. The molecular formula is C17H22ClN5O. The highest BCUT2D eigenvalue weighted by molar-refractivity contribution is 5.92. The van der Waals surface area contributed by atoms with E-state index in [-0.39, 0.29) is 18.3 Å². The van der Waals surface area contributed by atoms with E-state index < -0.39 is 0 Å². The number of nitrogens with zero attached hydrogens (tertiary/aromatic N) is 4. The van der Waals surface area contributed by atoms with Crippen molar-refractivity contribution in [3.63, 3.8) is 0 Å². The molecule has 7 heteroatoms. The van der Waals surface area contributed by atoms with Crippen LogP contribution in [0.25, 0.3) is 0 Å². The molecule has 4 rings (SSSR count). The SMILES string of the molecule is Cl.O=C(c1cn(Cc2ccccc2)nn1)N1C2CCNCC1CC2. The third kappa shape index (κ3) is 3.30. The minimum absolute atomic E-state index is 0. The molecule has 0 saturated carbocycles. The second-order valence-corrected chi connectivity index (χ2v) is 6.38. The van der Waals surface area contributed by atoms with Gasteiger partial charge >= 0.3 is 0 Å². The molecule has 1 aromatic carbocycles. The lowest BCUT2D eigenvalue weighted by Gasteiger charge is -2.26. The topological polar surface area (TPSA) is 63.1 Å². The number of aromatic nitrogens is 3. The fraction of sp³-hybridized carbons (Fsp3) is 0.471. The first-order chi connectivity index (χ1) is 11.3. The Balaban J connectivity index is 0.00000169. The first kappa shape index (κ1) is 16.9. The molecule has 1 aromatic heterocycles. The molecule has 2 unspecified atom stereocenters. The summed E-state index contributed by atoms with van der Waals surface area (Å²) in [6, 6.07) is 10.7. The zero-order chi connectivity index (χ0) is 15.6. The molecule has 2 aliphatic rings. The number of amides is 1. The van der Waals surface area contributed by atoms with Gasteiger partial charge in [-0.3, -0.25) is 4.79 Å². The molecule has 0 spiro atoms. The summed E-state index contributed by atoms with van der Waals surface area (Å²) in [7, 11) is 0. The average molecular weight is 348 g/mol. The van der Waals surface area contributed by atoms with E-state index in [1.54, 1.807) is 10.9 Å². The van der Waals surface area contributed by atoms with Crippen LogP contribution in [0.5, 0.6) is 0 Å². The van der Waals surface area contributed by atoms with Gasteiger partial charge in [-0.05, 0) is 31.4 Å². The lowest BCUT2D eigenvalue weighted by molar-refractivity contribution is 0.0674. The molecule has 24 heavy (non-hydrogen) atoms. The average Bonchev–Trinajstić information content (AvgIpc) is 3.11. The van der Waals surface area contributed by atoms with Crippen molar-refractivity contribution in [2.24, 2.45) is 0 Å². The lowest BCUT2D eigenvalue weighted by atomic mass is 10.1. The van der Waals surface area contributed by atoms with Crippen LogP contribution in [0.2, 0.25) is 0 Å². The van der Waals surface area contributed by atoms with Gasteiger partial charge in [-0.15, -0.1) is 17.5 Å². The predicted molar refractivity (Wildman–Crippen MR) is 93.3 cm³/mol. The van der Waals surface area contributed by atoms with Gasteiger partial charge in [0.05, 0.1) is 12.7 Å². The van der Waals surface area contributed by atoms with Crippen LogP contribution in [0, 0.1) is 0 Å². The van der Waals surface area contributed by atoms with Gasteiger partial charge in [-0.1, -0.05) is 35.5 Å². The Bertz CT molecular complexity index is 675. The van der Waals surface area contributed by atoms with E-state index in [1.165, 1.54) is 0 Å². The van der Waals surface area contributed by atoms with Crippen molar-refractivity contribution in [3.05, 3.63) is 47.8 Å². The van der Waals surface area contributed by atoms with E-state index in [4.69, 9.17) is 0 Å². The maximum atomic E-state index is 12.9. The number of hydrogen-bond acceptors (Lipinski definition) is 4. The van der Waals surface area contributed by atoms with E-state index in [2.05, 4.69) is 15.6 Å². The number of carbonyl (C=O) groups is 1. The monoisotopic (exact) mass is 347 g/mol. The third-order valence-corrected chi connectivity index (χ3v) is 4.83. The van der Waals surface area contributed by atoms with E-state index in [1.807, 2.05) is 35.2 Å². The largest absolute Gasteiger partial charge is 0.330 e. The van der Waals surface area contributed by atoms with Crippen LogP contribution in [0.3, 0.4) is 0 Å². The number of carbonyl (C=O) groups excluding carboxylic acids is 1. The van der Waals surface area contributed by atoms with Gasteiger partial charge < -0.3 is 10.2 Å². The number of halogens is 1. The minimum atomic E-state index is 0. The summed E-state index contributed by atoms with van der Waals surface area (Å²) in [5.41, 5.74) is 1.61. The van der Waals surface area contributed by atoms with Crippen LogP contribution in [0.4, 0.5) is 0 Å². The summed E-state index contributed by atoms with van der Waals surface area (Å²) < 4.78 is 1.74. The number of rotatable bonds is 3. The zero-order valence-electron chi connectivity index (χ0n) is 13.5. The van der Waals surface area contributed by atoms with Crippen molar-refractivity contribution in [3.8, 4) is 0 Å². The maximum Gasteiger partial charge on any atom is 0.276 e. The molecular weight excluding hydrogens is 326 g/mol. The first-order valence-corrected chi connectivity index (χ1v) is 8.29. The van der Waals surface area contributed by atoms with Gasteiger partial charge in [0.25, 0.3) is 5.91 Å². The van der Waals surface area contributed by atoms with Gasteiger partial charge in [-0.25, -0.2) is 4.68 Å². The molecule has 0 aliphatic carbocycles. The summed E-state index contributed by atoms with van der Waals surface area (Å²) in [6.07, 6.45) is 4.99. The predicted octanol–water partition coefficient (Wildman–Crippen LogP) is 1.71. The molecule has 2 fully saturated rings. The highest BCUT2D eigenvalue weighted by Crippen LogP contribution is 2.29. The number of hydrogen-bond donors (Lipinski definition) is 1. The Kier molecular flexibility index (Phi) is 5.16. The second kappa shape index (κ2) is 7.32. The molecule has 2 aromatic rings. The van der Waals surface area contributed by atoms with Gasteiger partial charge in [-0.2, -0.15) is 0 Å². The summed E-state index contributed by atoms with van der Waals surface area (Å²) in [5.74, 6) is 0.0283. The van der Waals surface area contributed by atoms with Gasteiger partial charge in [0.2, 0.25) is 0 Å². The molecule has 2 bridgehead atoms. The molecule has 2 atom stereocenters. The number of nitrogens with one attached hydrogen (secondary N) is 1. The fourth-order valence-electron chi connectivity index (χ4n) is 3.69. The highest BCUT2D eigenvalue weighted by Gasteiger charge is 2.39. The summed E-state index contributed by atoms with van der Waals surface area (Å²) >= 11 is 0. The fourth-order valence-corrected chi connectivity index (χ4v) is 3.69. The van der Waals surface area contributed by atoms with Crippen LogP contribution in [-0.2, 0) is 6.54 Å². The Morgan fingerprint density at radius 1 is 1.17 bits per heavy atom. The molecule has 1 N–H and O–H groups in total. The highest BCUT2D eigenvalue weighted by atomic mass is 35.5. The minimum Gasteiger partial charge on any atom is -0.330 e. The first-order valence-electron chi connectivity index (χ1n) is 8.29. The van der Waals surface area contributed by atoms with E-state index in [0.717, 1.165) is 37.9 Å². The summed E-state index contributed by atoms with van der Waals surface area (Å²) in [4.78, 5) is 14.9. The molecule has 6 nitrogen and oxygen atoms in total. The van der Waals surface area contributed by atoms with Crippen molar-refractivity contribution in [1.82, 2.24) is 25.2 Å². The Morgan fingerprint density at radius 3 is 2.79 bits per heavy atom. The molecule has 128 valence electrons. The van der Waals surface area contributed by atoms with Gasteiger partial charge in [0, 0.05) is 18.6 Å². The van der Waals surface area contributed by atoms with Crippen LogP contribution in [-0.4, -0.2) is 51.0 Å². The Hall–Kier alpha value is -1.92. The third-order valence-electron chi connectivity index (χ3n) is 4.83. The molecule has 1 amide bonds. The number of fused-ring (bicyclic) bond motifs is 2. The lowest BCUT2D eigenvalue weighted by Crippen LogP contribution is -2.42. The van der Waals surface area contributed by atoms with E-state index in [0.29, 0.717) is 24.3 Å². The summed E-state index contributed by atoms with van der Waals surface area (Å²) in [5, 5.41) is 11.7. The van der Waals surface area contributed by atoms with E-state index in [9.17, 15) is 4.79 Å². The molecule has 0 radical (unpaired) electrons. The molecule has 2 aliphatic heterocycles. The van der Waals surface area contributed by atoms with Crippen LogP contribution < -0.4 is 5.32 Å². The second-order valence-electron chi connectivity index (χ2n) is 6.38. The van der Waals surface area contributed by atoms with Gasteiger partial charge in [0.1, 0.15) is 0 Å². The Labute approximate surface area is 147 Å². The summed E-state index contributed by atoms with van der Waals surface area (Å²) in [6.45, 7) is 2.52. The van der Waals surface area contributed by atoms with Crippen molar-refractivity contribution in [2.75, 3.05) is 13.1 Å². The smallest absolute Gasteiger partial charge is 0.276 e. The maximum absolute atomic E-state index is 12.9. The van der Waals surface area contributed by atoms with Crippen LogP contribution in [0.1, 0.15) is 35.3 Å².